The molecule has 0 aromatic carbocycles. The topological polar surface area (TPSA) is 0 Å². The molecule has 0 N–H and O–H groups in total. The lowest BCUT2D eigenvalue weighted by molar-refractivity contribution is 1.75. The van der Waals surface area contributed by atoms with Gasteiger partial charge in [-0.1, -0.05) is 12.4 Å². The molecule has 0 heterocycles. The summed E-state index contributed by atoms with van der Waals surface area (Å²) >= 11 is 6.42. The van der Waals surface area contributed by atoms with Crippen molar-refractivity contribution in [3.63, 3.8) is 0 Å². The van der Waals surface area contributed by atoms with Gasteiger partial charge in [-0.05, 0) is 31.9 Å². The average Bonchev–Trinajstić information content (AvgIpc) is 1.35. The Labute approximate surface area is 55.7 Å². The van der Waals surface area contributed by atoms with E-state index in [2.05, 4.69) is 39.7 Å². The Morgan fingerprint density at radius 1 is 1.67 bits per heavy atom. The maximum Gasteiger partial charge on any atom is 0.106 e. The van der Waals surface area contributed by atoms with Crippen molar-refractivity contribution < 1.29 is 0 Å². The SMILES string of the molecule is BCC=C(Br)Br. The summed E-state index contributed by atoms with van der Waals surface area (Å²) in [6, 6.07) is 0. The van der Waals surface area contributed by atoms with Crippen molar-refractivity contribution in [3.05, 3.63) is 9.47 Å². The fourth-order valence-corrected chi connectivity index (χ4v) is 0.802. The molecular formula is C3H5BBr2. The van der Waals surface area contributed by atoms with Crippen molar-refractivity contribution >= 4 is 39.7 Å². The molecule has 0 aromatic rings. The van der Waals surface area contributed by atoms with Crippen LogP contribution in [0.15, 0.2) is 9.47 Å². The third-order valence-corrected chi connectivity index (χ3v) is 1.01. The van der Waals surface area contributed by atoms with Crippen molar-refractivity contribution in [2.75, 3.05) is 0 Å². The average molecular weight is 212 g/mol. The van der Waals surface area contributed by atoms with Gasteiger partial charge in [-0.2, -0.15) is 0 Å². The second-order valence-corrected chi connectivity index (χ2v) is 3.67. The van der Waals surface area contributed by atoms with Crippen molar-refractivity contribution in [3.8, 4) is 0 Å². The highest BCUT2D eigenvalue weighted by Crippen LogP contribution is 2.12. The minimum Gasteiger partial charge on any atom is -0.0711 e. The van der Waals surface area contributed by atoms with E-state index in [1.165, 1.54) is 0 Å². The third-order valence-electron chi connectivity index (χ3n) is 0.358. The molecule has 34 valence electrons. The minimum atomic E-state index is 1.04. The largest absolute Gasteiger partial charge is 0.106 e. The first-order chi connectivity index (χ1) is 2.77. The molecule has 0 aliphatic carbocycles. The van der Waals surface area contributed by atoms with E-state index in [-0.39, 0.29) is 0 Å². The normalized spacial score (nSPS) is 7.67. The lowest BCUT2D eigenvalue weighted by Gasteiger charge is -1.74. The van der Waals surface area contributed by atoms with Crippen molar-refractivity contribution in [2.45, 2.75) is 6.32 Å². The third kappa shape index (κ3) is 4.76. The maximum absolute atomic E-state index is 3.21. The van der Waals surface area contributed by atoms with Crippen molar-refractivity contribution in [2.24, 2.45) is 0 Å². The highest BCUT2D eigenvalue weighted by Gasteiger charge is 1.73. The highest BCUT2D eigenvalue weighted by atomic mass is 79.9. The van der Waals surface area contributed by atoms with Crippen molar-refractivity contribution in [1.82, 2.24) is 0 Å². The molecule has 0 saturated heterocycles. The predicted molar refractivity (Wildman–Crippen MR) is 39.3 cm³/mol. The van der Waals surface area contributed by atoms with Crippen LogP contribution in [0.5, 0.6) is 0 Å². The zero-order chi connectivity index (χ0) is 4.99. The quantitative estimate of drug-likeness (QED) is 0.579. The minimum absolute atomic E-state index is 1.04. The van der Waals surface area contributed by atoms with Crippen LogP contribution in [-0.2, 0) is 0 Å². The number of rotatable bonds is 1. The van der Waals surface area contributed by atoms with Crippen LogP contribution < -0.4 is 0 Å². The van der Waals surface area contributed by atoms with Crippen LogP contribution in [0.4, 0.5) is 0 Å². The molecule has 6 heavy (non-hydrogen) atoms. The van der Waals surface area contributed by atoms with Gasteiger partial charge in [0.05, 0.1) is 3.39 Å². The number of allylic oxidation sites excluding steroid dienone is 1. The Kier molecular flexibility index (Phi) is 4.44. The summed E-state index contributed by atoms with van der Waals surface area (Å²) in [5, 5.41) is 0. The van der Waals surface area contributed by atoms with Crippen LogP contribution in [0.1, 0.15) is 0 Å². The zero-order valence-corrected chi connectivity index (χ0v) is 6.71. The lowest BCUT2D eigenvalue weighted by Crippen LogP contribution is -1.54. The molecule has 0 aliphatic rings. The van der Waals surface area contributed by atoms with E-state index >= 15 is 0 Å². The molecule has 0 aliphatic heterocycles. The van der Waals surface area contributed by atoms with Crippen LogP contribution >= 0.6 is 31.9 Å². The van der Waals surface area contributed by atoms with Gasteiger partial charge >= 0.3 is 0 Å². The Bertz CT molecular complexity index is 55.8. The second-order valence-electron chi connectivity index (χ2n) is 0.902. The predicted octanol–water partition coefficient (Wildman–Crippen LogP) is 1.67. The molecule has 0 spiro atoms. The van der Waals surface area contributed by atoms with E-state index < -0.39 is 0 Å². The molecule has 0 unspecified atom stereocenters. The summed E-state index contributed by atoms with van der Waals surface area (Å²) in [6.45, 7) is 0. The van der Waals surface area contributed by atoms with Gasteiger partial charge in [0.2, 0.25) is 0 Å². The summed E-state index contributed by atoms with van der Waals surface area (Å²) in [6.07, 6.45) is 3.12. The standard InChI is InChI=1S/C3H5BBr2/c4-2-1-3(5)6/h1H,2,4H2. The van der Waals surface area contributed by atoms with E-state index in [9.17, 15) is 0 Å². The van der Waals surface area contributed by atoms with E-state index in [1.807, 2.05) is 6.08 Å². The molecule has 0 atom stereocenters. The van der Waals surface area contributed by atoms with Gasteiger partial charge in [0, 0.05) is 0 Å². The molecule has 3 heteroatoms. The molecule has 0 rings (SSSR count). The molecule has 0 saturated carbocycles. The van der Waals surface area contributed by atoms with E-state index in [1.54, 1.807) is 0 Å². The van der Waals surface area contributed by atoms with Crippen LogP contribution in [0, 0.1) is 0 Å². The van der Waals surface area contributed by atoms with E-state index in [0.29, 0.717) is 0 Å². The summed E-state index contributed by atoms with van der Waals surface area (Å²) in [5.41, 5.74) is 0. The summed E-state index contributed by atoms with van der Waals surface area (Å²) in [4.78, 5) is 0. The Morgan fingerprint density at radius 3 is 2.17 bits per heavy atom. The molecule has 0 nitrogen and oxygen atoms in total. The first kappa shape index (κ1) is 6.76. The molecule has 0 fully saturated rings. The first-order valence-electron chi connectivity index (χ1n) is 1.78. The first-order valence-corrected chi connectivity index (χ1v) is 3.37. The smallest absolute Gasteiger partial charge is 0.0711 e. The fraction of sp³-hybridized carbons (Fsp3) is 0.333. The van der Waals surface area contributed by atoms with Crippen LogP contribution in [0.3, 0.4) is 0 Å². The van der Waals surface area contributed by atoms with E-state index in [4.69, 9.17) is 0 Å². The molecule has 0 amide bonds. The van der Waals surface area contributed by atoms with Gasteiger partial charge in [0.25, 0.3) is 0 Å². The van der Waals surface area contributed by atoms with Crippen molar-refractivity contribution in [1.29, 1.82) is 0 Å². The second kappa shape index (κ2) is 3.94. The van der Waals surface area contributed by atoms with Gasteiger partial charge in [-0.3, -0.25) is 0 Å². The van der Waals surface area contributed by atoms with Crippen LogP contribution in [0.25, 0.3) is 0 Å². The number of hydrogen-bond donors (Lipinski definition) is 0. The van der Waals surface area contributed by atoms with Gasteiger partial charge in [0.1, 0.15) is 7.85 Å². The summed E-state index contributed by atoms with van der Waals surface area (Å²) in [7, 11) is 2.09. The molecule has 0 aromatic heterocycles. The van der Waals surface area contributed by atoms with Gasteiger partial charge in [-0.15, -0.1) is 0 Å². The highest BCUT2D eigenvalue weighted by molar-refractivity contribution is 9.28. The maximum atomic E-state index is 3.21. The van der Waals surface area contributed by atoms with Crippen LogP contribution in [0.2, 0.25) is 6.32 Å². The van der Waals surface area contributed by atoms with Crippen LogP contribution in [-0.4, -0.2) is 7.85 Å². The van der Waals surface area contributed by atoms with Gasteiger partial charge in [0.15, 0.2) is 0 Å². The monoisotopic (exact) mass is 210 g/mol. The summed E-state index contributed by atoms with van der Waals surface area (Å²) < 4.78 is 1.04. The number of hydrogen-bond acceptors (Lipinski definition) is 0. The fourth-order valence-electron chi connectivity index (χ4n) is 0.154. The van der Waals surface area contributed by atoms with Gasteiger partial charge in [-0.25, -0.2) is 0 Å². The Morgan fingerprint density at radius 2 is 2.17 bits per heavy atom. The van der Waals surface area contributed by atoms with E-state index in [0.717, 1.165) is 9.71 Å². The molecule has 0 radical (unpaired) electrons. The zero-order valence-electron chi connectivity index (χ0n) is 3.54. The van der Waals surface area contributed by atoms with Gasteiger partial charge < -0.3 is 0 Å². The summed E-state index contributed by atoms with van der Waals surface area (Å²) in [5.74, 6) is 0. The Hall–Kier alpha value is 0.765. The molecular weight excluding hydrogens is 207 g/mol. The number of halogens is 2. The lowest BCUT2D eigenvalue weighted by atomic mass is 10.1. The molecule has 0 bridgehead atoms. The Balaban J connectivity index is 3.14.